The molecule has 1 aromatic carbocycles. The van der Waals surface area contributed by atoms with E-state index in [-0.39, 0.29) is 41.0 Å². The molecule has 0 radical (unpaired) electrons. The Balaban J connectivity index is 0.00000338. The van der Waals surface area contributed by atoms with E-state index in [1.165, 1.54) is 12.1 Å². The topological polar surface area (TPSA) is 61.8 Å². The van der Waals surface area contributed by atoms with E-state index in [1.54, 1.807) is 33.0 Å². The summed E-state index contributed by atoms with van der Waals surface area (Å²) in [7, 11) is -1.39. The van der Waals surface area contributed by atoms with Crippen molar-refractivity contribution in [3.63, 3.8) is 0 Å². The molecule has 1 saturated heterocycles. The summed E-state index contributed by atoms with van der Waals surface area (Å²) in [5.74, 6) is 0.570. The first-order valence-corrected chi connectivity index (χ1v) is 10.1. The summed E-state index contributed by atoms with van der Waals surface area (Å²) >= 11 is 0. The van der Waals surface area contributed by atoms with Crippen LogP contribution in [0.4, 0.5) is 4.39 Å². The monoisotopic (exact) mass is 497 g/mol. The number of hydrogen-bond donors (Lipinski definition) is 1. The van der Waals surface area contributed by atoms with Crippen LogP contribution in [0.5, 0.6) is 0 Å². The lowest BCUT2D eigenvalue weighted by atomic mass is 9.84. The molecule has 0 aliphatic carbocycles. The van der Waals surface area contributed by atoms with Crippen LogP contribution in [-0.4, -0.2) is 56.5 Å². The van der Waals surface area contributed by atoms with Gasteiger partial charge >= 0.3 is 0 Å². The fourth-order valence-corrected chi connectivity index (χ4v) is 4.33. The van der Waals surface area contributed by atoms with E-state index in [4.69, 9.17) is 0 Å². The zero-order valence-electron chi connectivity index (χ0n) is 16.0. The van der Waals surface area contributed by atoms with E-state index < -0.39 is 14.6 Å². The van der Waals surface area contributed by atoms with Gasteiger partial charge in [-0.25, -0.2) is 12.8 Å². The number of sulfone groups is 1. The predicted molar refractivity (Wildman–Crippen MR) is 116 cm³/mol. The normalized spacial score (nSPS) is 19.6. The van der Waals surface area contributed by atoms with Crippen LogP contribution < -0.4 is 5.32 Å². The van der Waals surface area contributed by atoms with E-state index in [1.807, 2.05) is 4.90 Å². The second kappa shape index (κ2) is 8.41. The predicted octanol–water partition coefficient (Wildman–Crippen LogP) is 2.81. The van der Waals surface area contributed by atoms with Crippen molar-refractivity contribution in [2.45, 2.75) is 37.9 Å². The summed E-state index contributed by atoms with van der Waals surface area (Å²) in [4.78, 5) is 6.30. The maximum atomic E-state index is 13.1. The fourth-order valence-electron chi connectivity index (χ4n) is 2.96. The van der Waals surface area contributed by atoms with Gasteiger partial charge < -0.3 is 10.2 Å². The molecule has 0 unspecified atom stereocenters. The van der Waals surface area contributed by atoms with Gasteiger partial charge in [-0.1, -0.05) is 26.0 Å². The fraction of sp³-hybridized carbons (Fsp3) is 0.611. The van der Waals surface area contributed by atoms with Gasteiger partial charge in [0.2, 0.25) is 0 Å². The SMILES string of the molecule is CN=C(NCC(C)(C)c1ccc(F)cc1)N1CCS(=O)(=O)C(C)(C)C1.I. The lowest BCUT2D eigenvalue weighted by molar-refractivity contribution is 0.349. The average Bonchev–Trinajstić information content (AvgIpc) is 2.51. The smallest absolute Gasteiger partial charge is 0.193 e. The zero-order chi connectivity index (χ0) is 18.9. The van der Waals surface area contributed by atoms with Gasteiger partial charge in [-0.15, -0.1) is 24.0 Å². The molecule has 0 aromatic heterocycles. The molecule has 0 amide bonds. The Bertz CT molecular complexity index is 746. The van der Waals surface area contributed by atoms with Crippen LogP contribution in [-0.2, 0) is 15.3 Å². The van der Waals surface area contributed by atoms with Crippen molar-refractivity contribution < 1.29 is 12.8 Å². The van der Waals surface area contributed by atoms with Crippen molar-refractivity contribution in [2.24, 2.45) is 4.99 Å². The minimum absolute atomic E-state index is 0. The summed E-state index contributed by atoms with van der Waals surface area (Å²) in [6.45, 7) is 9.11. The van der Waals surface area contributed by atoms with E-state index >= 15 is 0 Å². The molecule has 8 heteroatoms. The van der Waals surface area contributed by atoms with E-state index in [2.05, 4.69) is 24.2 Å². The Labute approximate surface area is 173 Å². The largest absolute Gasteiger partial charge is 0.355 e. The quantitative estimate of drug-likeness (QED) is 0.397. The Hall–Kier alpha value is -0.900. The highest BCUT2D eigenvalue weighted by molar-refractivity contribution is 14.0. The maximum Gasteiger partial charge on any atom is 0.193 e. The summed E-state index contributed by atoms with van der Waals surface area (Å²) < 4.78 is 36.7. The number of rotatable bonds is 3. The van der Waals surface area contributed by atoms with E-state index in [0.717, 1.165) is 5.56 Å². The molecule has 1 aliphatic rings. The van der Waals surface area contributed by atoms with Gasteiger partial charge in [0.25, 0.3) is 0 Å². The number of halogens is 2. The molecule has 1 fully saturated rings. The molecule has 1 aliphatic heterocycles. The molecule has 0 spiro atoms. The van der Waals surface area contributed by atoms with Crippen LogP contribution >= 0.6 is 24.0 Å². The molecule has 1 heterocycles. The van der Waals surface area contributed by atoms with Crippen molar-refractivity contribution >= 4 is 39.8 Å². The standard InChI is InChI=1S/C18H28FN3O2S.HI/c1-17(2,14-6-8-15(19)9-7-14)12-21-16(20-5)22-10-11-25(23,24)18(3,4)13-22;/h6-9H,10-13H2,1-5H3,(H,20,21);1H. The average molecular weight is 497 g/mol. The molecular weight excluding hydrogens is 468 g/mol. The highest BCUT2D eigenvalue weighted by Gasteiger charge is 2.41. The number of nitrogens with one attached hydrogen (secondary N) is 1. The van der Waals surface area contributed by atoms with Crippen LogP contribution in [0.15, 0.2) is 29.3 Å². The van der Waals surface area contributed by atoms with Gasteiger partial charge in [-0.3, -0.25) is 4.99 Å². The van der Waals surface area contributed by atoms with Crippen LogP contribution in [0.3, 0.4) is 0 Å². The minimum Gasteiger partial charge on any atom is -0.355 e. The van der Waals surface area contributed by atoms with Crippen molar-refractivity contribution in [1.29, 1.82) is 0 Å². The van der Waals surface area contributed by atoms with Gasteiger partial charge in [0, 0.05) is 32.1 Å². The third-order valence-corrected chi connectivity index (χ3v) is 7.40. The molecular formula is C18H29FIN3O2S. The third-order valence-electron chi connectivity index (χ3n) is 4.87. The second-order valence-corrected chi connectivity index (χ2v) is 10.5. The lowest BCUT2D eigenvalue weighted by Gasteiger charge is -2.40. The van der Waals surface area contributed by atoms with Gasteiger partial charge in [0.1, 0.15) is 5.82 Å². The summed E-state index contributed by atoms with van der Waals surface area (Å²) in [6.07, 6.45) is 0. The highest BCUT2D eigenvalue weighted by Crippen LogP contribution is 2.25. The minimum atomic E-state index is -3.09. The second-order valence-electron chi connectivity index (χ2n) is 7.79. The van der Waals surface area contributed by atoms with Crippen LogP contribution in [0.1, 0.15) is 33.3 Å². The summed E-state index contributed by atoms with van der Waals surface area (Å²) in [5, 5.41) is 3.34. The van der Waals surface area contributed by atoms with Crippen LogP contribution in [0.25, 0.3) is 0 Å². The molecule has 5 nitrogen and oxygen atoms in total. The lowest BCUT2D eigenvalue weighted by Crippen LogP contribution is -2.58. The van der Waals surface area contributed by atoms with Crippen molar-refractivity contribution in [3.8, 4) is 0 Å². The molecule has 1 aromatic rings. The Kier molecular flexibility index (Phi) is 7.49. The molecule has 148 valence electrons. The number of guanidine groups is 1. The molecule has 0 bridgehead atoms. The van der Waals surface area contributed by atoms with Crippen molar-refractivity contribution in [2.75, 3.05) is 32.4 Å². The van der Waals surface area contributed by atoms with Crippen molar-refractivity contribution in [1.82, 2.24) is 10.2 Å². The summed E-state index contributed by atoms with van der Waals surface area (Å²) in [5.41, 5.74) is 0.805. The Morgan fingerprint density at radius 1 is 1.31 bits per heavy atom. The zero-order valence-corrected chi connectivity index (χ0v) is 19.2. The number of aliphatic imine (C=N–C) groups is 1. The first-order valence-electron chi connectivity index (χ1n) is 8.42. The van der Waals surface area contributed by atoms with Gasteiger partial charge in [0.05, 0.1) is 10.5 Å². The number of nitrogens with zero attached hydrogens (tertiary/aromatic N) is 2. The van der Waals surface area contributed by atoms with E-state index in [0.29, 0.717) is 25.6 Å². The molecule has 1 N–H and O–H groups in total. The first-order chi connectivity index (χ1) is 11.5. The summed E-state index contributed by atoms with van der Waals surface area (Å²) in [6, 6.07) is 6.50. The maximum absolute atomic E-state index is 13.1. The number of benzene rings is 1. The van der Waals surface area contributed by atoms with Gasteiger partial charge in [0.15, 0.2) is 15.8 Å². The molecule has 0 saturated carbocycles. The van der Waals surface area contributed by atoms with Gasteiger partial charge in [-0.05, 0) is 31.5 Å². The number of hydrogen-bond acceptors (Lipinski definition) is 3. The molecule has 26 heavy (non-hydrogen) atoms. The molecule has 2 rings (SSSR count). The van der Waals surface area contributed by atoms with Crippen LogP contribution in [0.2, 0.25) is 0 Å². The molecule has 0 atom stereocenters. The van der Waals surface area contributed by atoms with Crippen molar-refractivity contribution in [3.05, 3.63) is 35.6 Å². The van der Waals surface area contributed by atoms with Crippen LogP contribution in [0, 0.1) is 5.82 Å². The van der Waals surface area contributed by atoms with E-state index in [9.17, 15) is 12.8 Å². The third kappa shape index (κ3) is 5.09. The first kappa shape index (κ1) is 23.1. The Morgan fingerprint density at radius 3 is 2.38 bits per heavy atom. The Morgan fingerprint density at radius 2 is 1.88 bits per heavy atom. The van der Waals surface area contributed by atoms with Gasteiger partial charge in [-0.2, -0.15) is 0 Å². The highest BCUT2D eigenvalue weighted by atomic mass is 127.